The van der Waals surface area contributed by atoms with Crippen molar-refractivity contribution in [1.29, 1.82) is 0 Å². The second-order valence-corrected chi connectivity index (χ2v) is 4.17. The molecule has 0 heterocycles. The molecule has 0 fully saturated rings. The molecule has 18 heavy (non-hydrogen) atoms. The Morgan fingerprint density at radius 1 is 1.44 bits per heavy atom. The van der Waals surface area contributed by atoms with E-state index in [0.717, 1.165) is 6.07 Å². The van der Waals surface area contributed by atoms with Crippen LogP contribution >= 0.6 is 11.6 Å². The van der Waals surface area contributed by atoms with Crippen molar-refractivity contribution in [2.45, 2.75) is 13.3 Å². The van der Waals surface area contributed by atoms with Gasteiger partial charge in [0, 0.05) is 23.5 Å². The highest BCUT2D eigenvalue weighted by molar-refractivity contribution is 6.32. The summed E-state index contributed by atoms with van der Waals surface area (Å²) in [6.45, 7) is 1.42. The molecule has 1 aromatic carbocycles. The Balaban J connectivity index is 3.03. The Kier molecular flexibility index (Phi) is 4.38. The third-order valence-corrected chi connectivity index (χ3v) is 2.67. The van der Waals surface area contributed by atoms with E-state index in [9.17, 15) is 24.8 Å². The molecule has 1 aromatic rings. The highest BCUT2D eigenvalue weighted by atomic mass is 35.5. The fraction of sp³-hybridized carbons (Fsp3) is 0.273. The highest BCUT2D eigenvalue weighted by Crippen LogP contribution is 2.26. The van der Waals surface area contributed by atoms with E-state index in [1.54, 1.807) is 0 Å². The quantitative estimate of drug-likeness (QED) is 0.455. The van der Waals surface area contributed by atoms with Crippen LogP contribution in [0.2, 0.25) is 5.02 Å². The summed E-state index contributed by atoms with van der Waals surface area (Å²) >= 11 is 5.60. The molecule has 0 amide bonds. The molecule has 0 radical (unpaired) electrons. The first kappa shape index (κ1) is 14.1. The number of nitrogens with zero attached hydrogens (tertiary/aromatic N) is 1. The maximum absolute atomic E-state index is 11.8. The van der Waals surface area contributed by atoms with Gasteiger partial charge in [-0.2, -0.15) is 0 Å². The normalized spacial score (nSPS) is 11.9. The topological polar surface area (TPSA) is 100 Å². The Labute approximate surface area is 107 Å². The first-order valence-electron chi connectivity index (χ1n) is 5.01. The van der Waals surface area contributed by atoms with Gasteiger partial charge >= 0.3 is 0 Å². The van der Waals surface area contributed by atoms with Crippen LogP contribution in [0.3, 0.4) is 0 Å². The molecular weight excluding hydrogens is 262 g/mol. The molecule has 0 aliphatic carbocycles. The fourth-order valence-corrected chi connectivity index (χ4v) is 1.62. The van der Waals surface area contributed by atoms with Gasteiger partial charge < -0.3 is 9.90 Å². The summed E-state index contributed by atoms with van der Waals surface area (Å²) in [6.07, 6.45) is -0.435. The molecule has 6 nitrogen and oxygen atoms in total. The van der Waals surface area contributed by atoms with Crippen molar-refractivity contribution in [1.82, 2.24) is 0 Å². The number of benzene rings is 1. The Morgan fingerprint density at radius 2 is 2.06 bits per heavy atom. The largest absolute Gasteiger partial charge is 0.550 e. The van der Waals surface area contributed by atoms with Crippen LogP contribution in [0.4, 0.5) is 5.69 Å². The van der Waals surface area contributed by atoms with Gasteiger partial charge in [0.15, 0.2) is 5.78 Å². The van der Waals surface area contributed by atoms with Gasteiger partial charge in [-0.15, -0.1) is 0 Å². The monoisotopic (exact) mass is 270 g/mol. The number of ketones is 1. The predicted molar refractivity (Wildman–Crippen MR) is 61.2 cm³/mol. The average Bonchev–Trinajstić information content (AvgIpc) is 2.27. The number of halogens is 1. The molecule has 0 unspecified atom stereocenters. The smallest absolute Gasteiger partial charge is 0.288 e. The van der Waals surface area contributed by atoms with Crippen LogP contribution in [-0.2, 0) is 4.79 Å². The molecule has 0 saturated heterocycles. The van der Waals surface area contributed by atoms with Crippen LogP contribution in [0.5, 0.6) is 0 Å². The van der Waals surface area contributed by atoms with E-state index in [0.29, 0.717) is 0 Å². The number of rotatable bonds is 5. The molecule has 0 spiro atoms. The second-order valence-electron chi connectivity index (χ2n) is 3.76. The summed E-state index contributed by atoms with van der Waals surface area (Å²) in [7, 11) is 0. The summed E-state index contributed by atoms with van der Waals surface area (Å²) in [5.41, 5.74) is -0.331. The second kappa shape index (κ2) is 5.59. The number of hydrogen-bond donors (Lipinski definition) is 0. The van der Waals surface area contributed by atoms with Crippen molar-refractivity contribution < 1.29 is 19.6 Å². The number of Topliss-reactive ketones (excluding diaryl/α,β-unsaturated/α-hetero) is 1. The number of carboxylic acid groups (broad SMARTS) is 1. The van der Waals surface area contributed by atoms with Crippen LogP contribution in [0.25, 0.3) is 0 Å². The van der Waals surface area contributed by atoms with E-state index in [1.165, 1.54) is 19.1 Å². The molecule has 0 aliphatic heterocycles. The minimum absolute atomic E-state index is 0.0554. The van der Waals surface area contributed by atoms with E-state index in [1.807, 2.05) is 0 Å². The van der Waals surface area contributed by atoms with Crippen molar-refractivity contribution in [3.8, 4) is 0 Å². The first-order valence-corrected chi connectivity index (χ1v) is 5.38. The van der Waals surface area contributed by atoms with Crippen molar-refractivity contribution in [3.05, 3.63) is 38.9 Å². The van der Waals surface area contributed by atoms with Gasteiger partial charge in [-0.05, 0) is 18.6 Å². The predicted octanol–water partition coefficient (Wildman–Crippen LogP) is 1.21. The van der Waals surface area contributed by atoms with E-state index in [2.05, 4.69) is 0 Å². The molecule has 96 valence electrons. The number of nitro benzene ring substituents is 1. The number of aliphatic carboxylic acids is 1. The molecular formula is C11H9ClNO5-. The molecule has 1 rings (SSSR count). The summed E-state index contributed by atoms with van der Waals surface area (Å²) in [4.78, 5) is 32.1. The molecule has 0 aliphatic rings. The van der Waals surface area contributed by atoms with Gasteiger partial charge in [-0.3, -0.25) is 14.9 Å². The zero-order chi connectivity index (χ0) is 13.9. The number of carbonyl (C=O) groups is 2. The Morgan fingerprint density at radius 3 is 2.56 bits per heavy atom. The number of nitro groups is 1. The molecule has 0 bridgehead atoms. The molecule has 0 aromatic heterocycles. The first-order chi connectivity index (χ1) is 8.32. The maximum Gasteiger partial charge on any atom is 0.288 e. The van der Waals surface area contributed by atoms with Crippen LogP contribution in [-0.4, -0.2) is 16.7 Å². The minimum Gasteiger partial charge on any atom is -0.550 e. The van der Waals surface area contributed by atoms with Gasteiger partial charge in [-0.1, -0.05) is 18.5 Å². The van der Waals surface area contributed by atoms with Crippen molar-refractivity contribution in [2.24, 2.45) is 5.92 Å². The van der Waals surface area contributed by atoms with Gasteiger partial charge in [0.25, 0.3) is 5.69 Å². The summed E-state index contributed by atoms with van der Waals surface area (Å²) in [6, 6.07) is 3.60. The van der Waals surface area contributed by atoms with E-state index in [-0.39, 0.29) is 16.3 Å². The third-order valence-electron chi connectivity index (χ3n) is 2.35. The van der Waals surface area contributed by atoms with Gasteiger partial charge in [0.1, 0.15) is 5.02 Å². The lowest BCUT2D eigenvalue weighted by Crippen LogP contribution is -2.27. The summed E-state index contributed by atoms with van der Waals surface area (Å²) < 4.78 is 0. The zero-order valence-electron chi connectivity index (χ0n) is 9.38. The fourth-order valence-electron chi connectivity index (χ4n) is 1.43. The van der Waals surface area contributed by atoms with Gasteiger partial charge in [0.05, 0.1) is 4.92 Å². The lowest BCUT2D eigenvalue weighted by Gasteiger charge is -2.10. The van der Waals surface area contributed by atoms with E-state index < -0.39 is 29.0 Å². The zero-order valence-corrected chi connectivity index (χ0v) is 10.1. The average molecular weight is 271 g/mol. The summed E-state index contributed by atoms with van der Waals surface area (Å²) in [5, 5.41) is 21.0. The number of carbonyl (C=O) groups excluding carboxylic acids is 2. The van der Waals surface area contributed by atoms with Crippen LogP contribution in [0.1, 0.15) is 23.7 Å². The van der Waals surface area contributed by atoms with Gasteiger partial charge in [0.2, 0.25) is 0 Å². The molecule has 0 N–H and O–H groups in total. The van der Waals surface area contributed by atoms with Crippen molar-refractivity contribution >= 4 is 29.0 Å². The minimum atomic E-state index is -1.35. The van der Waals surface area contributed by atoms with Gasteiger partial charge in [-0.25, -0.2) is 0 Å². The maximum atomic E-state index is 11.8. The van der Waals surface area contributed by atoms with Crippen LogP contribution in [0, 0.1) is 16.0 Å². The van der Waals surface area contributed by atoms with Crippen molar-refractivity contribution in [3.63, 3.8) is 0 Å². The third kappa shape index (κ3) is 3.27. The molecule has 7 heteroatoms. The lowest BCUT2D eigenvalue weighted by atomic mass is 9.96. The Bertz CT molecular complexity index is 514. The van der Waals surface area contributed by atoms with E-state index >= 15 is 0 Å². The summed E-state index contributed by atoms with van der Waals surface area (Å²) in [5.74, 6) is -2.66. The van der Waals surface area contributed by atoms with Crippen LogP contribution < -0.4 is 5.11 Å². The SMILES string of the molecule is C[C@H](CC(=O)[O-])C(=O)c1ccc(Cl)c([N+](=O)[O-])c1. The number of hydrogen-bond acceptors (Lipinski definition) is 5. The Hall–Kier alpha value is -1.95. The molecule has 1 atom stereocenters. The highest BCUT2D eigenvalue weighted by Gasteiger charge is 2.20. The van der Waals surface area contributed by atoms with E-state index in [4.69, 9.17) is 11.6 Å². The standard InChI is InChI=1S/C11H10ClNO5/c1-6(4-10(14)15)11(16)7-2-3-8(12)9(5-7)13(17)18/h2-3,5-6H,4H2,1H3,(H,14,15)/p-1/t6-/m1/s1. The van der Waals surface area contributed by atoms with Crippen molar-refractivity contribution in [2.75, 3.05) is 0 Å². The molecule has 0 saturated carbocycles. The lowest BCUT2D eigenvalue weighted by molar-refractivity contribution is -0.384. The van der Waals surface area contributed by atoms with Crippen LogP contribution in [0.15, 0.2) is 18.2 Å². The number of carboxylic acids is 1.